The molecule has 0 spiro atoms. The van der Waals surface area contributed by atoms with E-state index in [2.05, 4.69) is 15.1 Å². The Morgan fingerprint density at radius 1 is 1.35 bits per heavy atom. The molecule has 2 aromatic heterocycles. The number of rotatable bonds is 4. The van der Waals surface area contributed by atoms with E-state index in [-0.39, 0.29) is 11.9 Å². The predicted octanol–water partition coefficient (Wildman–Crippen LogP) is 2.09. The predicted molar refractivity (Wildman–Crippen MR) is 86.9 cm³/mol. The van der Waals surface area contributed by atoms with Gasteiger partial charge in [0, 0.05) is 31.4 Å². The van der Waals surface area contributed by atoms with Gasteiger partial charge in [0.15, 0.2) is 0 Å². The molecule has 2 aromatic rings. The van der Waals surface area contributed by atoms with E-state index in [0.29, 0.717) is 12.8 Å². The van der Waals surface area contributed by atoms with Crippen molar-refractivity contribution in [3.63, 3.8) is 0 Å². The van der Waals surface area contributed by atoms with Crippen LogP contribution in [0.25, 0.3) is 0 Å². The van der Waals surface area contributed by atoms with E-state index >= 15 is 0 Å². The molecule has 1 aliphatic rings. The number of aryl methyl sites for hydroxylation is 3. The third-order valence-electron chi connectivity index (χ3n) is 4.32. The van der Waals surface area contributed by atoms with Gasteiger partial charge in [0.2, 0.25) is 5.91 Å². The van der Waals surface area contributed by atoms with E-state index in [9.17, 15) is 4.79 Å². The van der Waals surface area contributed by atoms with E-state index in [1.54, 1.807) is 6.20 Å². The van der Waals surface area contributed by atoms with Crippen LogP contribution < -0.4 is 0 Å². The molecule has 23 heavy (non-hydrogen) atoms. The summed E-state index contributed by atoms with van der Waals surface area (Å²) in [6.45, 7) is 5.44. The molecule has 122 valence electrons. The molecule has 3 rings (SSSR count). The van der Waals surface area contributed by atoms with E-state index in [1.165, 1.54) is 0 Å². The van der Waals surface area contributed by atoms with Crippen LogP contribution in [0.2, 0.25) is 0 Å². The van der Waals surface area contributed by atoms with E-state index in [1.807, 2.05) is 41.6 Å². The summed E-state index contributed by atoms with van der Waals surface area (Å²) in [4.78, 5) is 23.1. The van der Waals surface area contributed by atoms with Gasteiger partial charge < -0.3 is 4.90 Å². The highest BCUT2D eigenvalue weighted by molar-refractivity contribution is 5.76. The van der Waals surface area contributed by atoms with Gasteiger partial charge in [-0.3, -0.25) is 9.78 Å². The first-order valence-electron chi connectivity index (χ1n) is 8.21. The molecule has 0 unspecified atom stereocenters. The van der Waals surface area contributed by atoms with Crippen LogP contribution in [0.15, 0.2) is 24.4 Å². The number of likely N-dealkylation sites (tertiary alicyclic amines) is 1. The van der Waals surface area contributed by atoms with Gasteiger partial charge in [-0.2, -0.15) is 5.10 Å². The molecule has 6 nitrogen and oxygen atoms in total. The van der Waals surface area contributed by atoms with E-state index in [4.69, 9.17) is 0 Å². The van der Waals surface area contributed by atoms with Crippen molar-refractivity contribution in [3.05, 3.63) is 41.7 Å². The lowest BCUT2D eigenvalue weighted by atomic mass is 10.0. The molecule has 0 aromatic carbocycles. The van der Waals surface area contributed by atoms with Crippen LogP contribution in [-0.4, -0.2) is 43.6 Å². The van der Waals surface area contributed by atoms with Crippen LogP contribution in [0.4, 0.5) is 0 Å². The quantitative estimate of drug-likeness (QED) is 0.867. The molecule has 1 saturated heterocycles. The van der Waals surface area contributed by atoms with Crippen molar-refractivity contribution in [1.29, 1.82) is 0 Å². The second-order valence-corrected chi connectivity index (χ2v) is 6.11. The van der Waals surface area contributed by atoms with Gasteiger partial charge in [-0.15, -0.1) is 0 Å². The molecular formula is C17H23N5O. The van der Waals surface area contributed by atoms with Gasteiger partial charge in [-0.25, -0.2) is 9.67 Å². The van der Waals surface area contributed by atoms with Gasteiger partial charge in [-0.1, -0.05) is 6.07 Å². The first kappa shape index (κ1) is 15.6. The summed E-state index contributed by atoms with van der Waals surface area (Å²) < 4.78 is 1.98. The van der Waals surface area contributed by atoms with Crippen LogP contribution in [0, 0.1) is 13.8 Å². The Morgan fingerprint density at radius 2 is 2.22 bits per heavy atom. The highest BCUT2D eigenvalue weighted by atomic mass is 16.2. The Morgan fingerprint density at radius 3 is 2.91 bits per heavy atom. The van der Waals surface area contributed by atoms with Gasteiger partial charge >= 0.3 is 0 Å². The van der Waals surface area contributed by atoms with Crippen molar-refractivity contribution in [2.75, 3.05) is 13.1 Å². The molecule has 1 amide bonds. The summed E-state index contributed by atoms with van der Waals surface area (Å²) in [6, 6.07) is 6.06. The first-order chi connectivity index (χ1) is 11.1. The number of hydrogen-bond acceptors (Lipinski definition) is 4. The number of carbonyl (C=O) groups excluding carboxylic acids is 1. The van der Waals surface area contributed by atoms with Crippen molar-refractivity contribution >= 4 is 5.91 Å². The summed E-state index contributed by atoms with van der Waals surface area (Å²) >= 11 is 0. The highest BCUT2D eigenvalue weighted by Crippen LogP contribution is 2.22. The maximum Gasteiger partial charge on any atom is 0.223 e. The minimum absolute atomic E-state index is 0.204. The second-order valence-electron chi connectivity index (χ2n) is 6.11. The topological polar surface area (TPSA) is 63.9 Å². The maximum absolute atomic E-state index is 12.5. The summed E-state index contributed by atoms with van der Waals surface area (Å²) in [5, 5.41) is 4.48. The average molecular weight is 313 g/mol. The Balaban J connectivity index is 1.59. The minimum atomic E-state index is 0.204. The molecule has 1 aliphatic heterocycles. The van der Waals surface area contributed by atoms with Crippen LogP contribution in [0.3, 0.4) is 0 Å². The molecule has 1 atom stereocenters. The summed E-state index contributed by atoms with van der Waals surface area (Å²) in [7, 11) is 0. The molecule has 0 bridgehead atoms. The van der Waals surface area contributed by atoms with Crippen LogP contribution in [0.5, 0.6) is 0 Å². The monoisotopic (exact) mass is 313 g/mol. The van der Waals surface area contributed by atoms with Crippen molar-refractivity contribution < 1.29 is 4.79 Å². The summed E-state index contributed by atoms with van der Waals surface area (Å²) in [5.74, 6) is 1.92. The largest absolute Gasteiger partial charge is 0.341 e. The standard InChI is InChI=1S/C17H23N5O/c1-13-19-14(2)22(20-13)16-7-5-11-21(12-16)17(23)9-8-15-6-3-4-10-18-15/h3-4,6,10,16H,5,7-9,11-12H2,1-2H3/t16-/m1/s1. The Hall–Kier alpha value is -2.24. The lowest BCUT2D eigenvalue weighted by Crippen LogP contribution is -2.41. The highest BCUT2D eigenvalue weighted by Gasteiger charge is 2.26. The van der Waals surface area contributed by atoms with Crippen molar-refractivity contribution in [2.45, 2.75) is 45.6 Å². The van der Waals surface area contributed by atoms with Crippen molar-refractivity contribution in [3.8, 4) is 0 Å². The van der Waals surface area contributed by atoms with Crippen molar-refractivity contribution in [2.24, 2.45) is 0 Å². The number of nitrogens with zero attached hydrogens (tertiary/aromatic N) is 5. The molecule has 1 fully saturated rings. The van der Waals surface area contributed by atoms with Crippen LogP contribution in [0.1, 0.15) is 42.6 Å². The van der Waals surface area contributed by atoms with E-state index < -0.39 is 0 Å². The zero-order chi connectivity index (χ0) is 16.2. The lowest BCUT2D eigenvalue weighted by molar-refractivity contribution is -0.132. The fourth-order valence-electron chi connectivity index (χ4n) is 3.20. The molecule has 0 N–H and O–H groups in total. The van der Waals surface area contributed by atoms with Gasteiger partial charge in [0.1, 0.15) is 11.6 Å². The number of piperidine rings is 1. The first-order valence-corrected chi connectivity index (χ1v) is 8.21. The number of aromatic nitrogens is 4. The van der Waals surface area contributed by atoms with Crippen molar-refractivity contribution in [1.82, 2.24) is 24.6 Å². The number of hydrogen-bond donors (Lipinski definition) is 0. The molecule has 0 aliphatic carbocycles. The Labute approximate surface area is 136 Å². The number of amides is 1. The molecule has 0 radical (unpaired) electrons. The summed E-state index contributed by atoms with van der Waals surface area (Å²) in [6.07, 6.45) is 5.04. The number of pyridine rings is 1. The minimum Gasteiger partial charge on any atom is -0.341 e. The fourth-order valence-corrected chi connectivity index (χ4v) is 3.20. The Kier molecular flexibility index (Phi) is 4.69. The third-order valence-corrected chi connectivity index (χ3v) is 4.32. The van der Waals surface area contributed by atoms with E-state index in [0.717, 1.165) is 43.3 Å². The molecular weight excluding hydrogens is 290 g/mol. The van der Waals surface area contributed by atoms with Crippen LogP contribution >= 0.6 is 0 Å². The van der Waals surface area contributed by atoms with Gasteiger partial charge in [0.25, 0.3) is 0 Å². The fraction of sp³-hybridized carbons (Fsp3) is 0.529. The molecule has 3 heterocycles. The zero-order valence-electron chi connectivity index (χ0n) is 13.8. The second kappa shape index (κ2) is 6.89. The SMILES string of the molecule is Cc1nc(C)n([C@@H]2CCCN(C(=O)CCc3ccccn3)C2)n1. The summed E-state index contributed by atoms with van der Waals surface area (Å²) in [5.41, 5.74) is 0.970. The third kappa shape index (κ3) is 3.75. The normalized spacial score (nSPS) is 18.2. The average Bonchev–Trinajstić information content (AvgIpc) is 2.92. The molecule has 6 heteroatoms. The smallest absolute Gasteiger partial charge is 0.223 e. The van der Waals surface area contributed by atoms with Gasteiger partial charge in [0.05, 0.1) is 6.04 Å². The van der Waals surface area contributed by atoms with Crippen LogP contribution in [-0.2, 0) is 11.2 Å². The molecule has 0 saturated carbocycles. The zero-order valence-corrected chi connectivity index (χ0v) is 13.8. The Bertz CT molecular complexity index is 667. The number of carbonyl (C=O) groups is 1. The lowest BCUT2D eigenvalue weighted by Gasteiger charge is -2.33. The maximum atomic E-state index is 12.5. The van der Waals surface area contributed by atoms with Gasteiger partial charge in [-0.05, 0) is 45.2 Å².